The average molecular weight is 398 g/mol. The molecule has 1 aliphatic rings. The van der Waals surface area contributed by atoms with Crippen LogP contribution in [-0.2, 0) is 16.9 Å². The van der Waals surface area contributed by atoms with Gasteiger partial charge in [-0.15, -0.1) is 0 Å². The molecule has 1 aromatic carbocycles. The lowest BCUT2D eigenvalue weighted by atomic mass is 9.66. The lowest BCUT2D eigenvalue weighted by molar-refractivity contribution is 0.132. The molecule has 2 aromatic rings. The molecular weight excluding hydrogens is 373 g/mol. The number of likely N-dealkylation sites (N-methyl/N-ethyl adjacent to an activating group) is 1. The highest BCUT2D eigenvalue weighted by Crippen LogP contribution is 2.44. The Morgan fingerprint density at radius 3 is 2.86 bits per heavy atom. The van der Waals surface area contributed by atoms with E-state index in [4.69, 9.17) is 17.1 Å². The Bertz CT molecular complexity index is 852. The van der Waals surface area contributed by atoms with E-state index in [1.54, 1.807) is 24.5 Å². The molecule has 1 aliphatic carbocycles. The summed E-state index contributed by atoms with van der Waals surface area (Å²) in [7, 11) is 1.87. The van der Waals surface area contributed by atoms with Gasteiger partial charge >= 0.3 is 0 Å². The van der Waals surface area contributed by atoms with Gasteiger partial charge in [-0.2, -0.15) is 0 Å². The number of halogens is 1. The van der Waals surface area contributed by atoms with E-state index in [1.807, 2.05) is 25.4 Å². The molecule has 4 nitrogen and oxygen atoms in total. The van der Waals surface area contributed by atoms with E-state index in [1.165, 1.54) is 17.7 Å². The second-order valence-electron chi connectivity index (χ2n) is 6.78. The van der Waals surface area contributed by atoms with Crippen LogP contribution in [0.5, 0.6) is 0 Å². The summed E-state index contributed by atoms with van der Waals surface area (Å²) in [4.78, 5) is 10.5. The first-order chi connectivity index (χ1) is 13.7. The Balaban J connectivity index is 1.78. The highest BCUT2D eigenvalue weighted by atomic mass is 32.1. The van der Waals surface area contributed by atoms with Crippen molar-refractivity contribution >= 4 is 23.4 Å². The van der Waals surface area contributed by atoms with Crippen LogP contribution >= 0.6 is 12.2 Å². The fourth-order valence-electron chi connectivity index (χ4n) is 3.71. The molecule has 1 N–H and O–H groups in total. The van der Waals surface area contributed by atoms with Crippen LogP contribution < -0.4 is 5.32 Å². The first kappa shape index (κ1) is 20.1. The summed E-state index contributed by atoms with van der Waals surface area (Å²) in [6.07, 6.45) is 11.4. The van der Waals surface area contributed by atoms with Crippen molar-refractivity contribution in [1.82, 2.24) is 10.3 Å². The number of rotatable bonds is 6. The number of benzene rings is 1. The van der Waals surface area contributed by atoms with Crippen molar-refractivity contribution in [3.63, 3.8) is 0 Å². The summed E-state index contributed by atoms with van der Waals surface area (Å²) in [6, 6.07) is 10.2. The summed E-state index contributed by atoms with van der Waals surface area (Å²) in [5.74, 6) is -0.262. The van der Waals surface area contributed by atoms with Gasteiger partial charge in [0.1, 0.15) is 12.4 Å². The van der Waals surface area contributed by atoms with E-state index >= 15 is 0 Å². The Morgan fingerprint density at radius 2 is 2.14 bits per heavy atom. The first-order valence-corrected chi connectivity index (χ1v) is 9.80. The Kier molecular flexibility index (Phi) is 6.87. The number of aromatic nitrogens is 1. The van der Waals surface area contributed by atoms with Crippen molar-refractivity contribution in [3.8, 4) is 0 Å². The third-order valence-electron chi connectivity index (χ3n) is 5.12. The molecule has 1 unspecified atom stereocenters. The van der Waals surface area contributed by atoms with Gasteiger partial charge in [0.15, 0.2) is 0 Å². The molecule has 0 radical (unpaired) electrons. The van der Waals surface area contributed by atoms with Crippen molar-refractivity contribution in [1.29, 1.82) is 0 Å². The average Bonchev–Trinajstić information content (AvgIpc) is 2.75. The van der Waals surface area contributed by atoms with E-state index in [9.17, 15) is 4.39 Å². The molecule has 1 saturated carbocycles. The zero-order valence-electron chi connectivity index (χ0n) is 15.9. The molecule has 6 heteroatoms. The third kappa shape index (κ3) is 4.44. The normalized spacial score (nSPS) is 21.0. The van der Waals surface area contributed by atoms with Crippen LogP contribution in [-0.4, -0.2) is 23.2 Å². The minimum absolute atomic E-state index is 0.262. The number of oxime groups is 1. The zero-order valence-corrected chi connectivity index (χ0v) is 16.7. The van der Waals surface area contributed by atoms with Crippen LogP contribution in [0.25, 0.3) is 0 Å². The van der Waals surface area contributed by atoms with Crippen LogP contribution in [0.3, 0.4) is 0 Å². The van der Waals surface area contributed by atoms with Gasteiger partial charge in [-0.05, 0) is 54.7 Å². The largest absolute Gasteiger partial charge is 0.391 e. The molecule has 0 bridgehead atoms. The monoisotopic (exact) mass is 397 g/mol. The van der Waals surface area contributed by atoms with Gasteiger partial charge in [-0.3, -0.25) is 4.98 Å². The summed E-state index contributed by atoms with van der Waals surface area (Å²) in [6.45, 7) is 0.294. The van der Waals surface area contributed by atoms with Gasteiger partial charge in [0.05, 0.1) is 16.6 Å². The van der Waals surface area contributed by atoms with Crippen LogP contribution in [0, 0.1) is 5.82 Å². The number of thiocarbonyl (C=S) groups is 1. The molecule has 0 spiro atoms. The van der Waals surface area contributed by atoms with E-state index in [2.05, 4.69) is 21.5 Å². The third-order valence-corrected chi connectivity index (χ3v) is 5.67. The van der Waals surface area contributed by atoms with Crippen molar-refractivity contribution in [3.05, 3.63) is 77.4 Å². The zero-order chi connectivity index (χ0) is 19.8. The number of allylic oxidation sites excluding steroid dienone is 1. The molecule has 146 valence electrons. The van der Waals surface area contributed by atoms with E-state index < -0.39 is 0 Å². The lowest BCUT2D eigenvalue weighted by Crippen LogP contribution is -2.45. The fourth-order valence-corrected chi connectivity index (χ4v) is 4.06. The second-order valence-corrected chi connectivity index (χ2v) is 7.19. The second kappa shape index (κ2) is 9.55. The number of nitrogens with zero attached hydrogens (tertiary/aromatic N) is 2. The predicted molar refractivity (Wildman–Crippen MR) is 114 cm³/mol. The first-order valence-electron chi connectivity index (χ1n) is 9.39. The SMILES string of the molecule is CNC(=S)C1(c2cccnc2)CCCCC1=CC=NOCc1ccc(F)cc1. The molecule has 28 heavy (non-hydrogen) atoms. The standard InChI is InChI=1S/C22H24FN3OS/c1-24-21(28)22(19-6-4-13-25-15-19)12-3-2-5-18(22)11-14-26-27-16-17-7-9-20(23)10-8-17/h4,6-11,13-15H,2-3,5,12,16H2,1H3,(H,24,28). The number of hydrogen-bond acceptors (Lipinski definition) is 4. The molecular formula is C22H24FN3OS. The predicted octanol–water partition coefficient (Wildman–Crippen LogP) is 4.71. The Labute approximate surface area is 170 Å². The molecule has 1 fully saturated rings. The van der Waals surface area contributed by atoms with Gasteiger partial charge in [0.25, 0.3) is 0 Å². The smallest absolute Gasteiger partial charge is 0.142 e. The van der Waals surface area contributed by atoms with Crippen LogP contribution in [0.1, 0.15) is 36.8 Å². The van der Waals surface area contributed by atoms with Crippen molar-refractivity contribution < 1.29 is 9.23 Å². The highest BCUT2D eigenvalue weighted by molar-refractivity contribution is 7.80. The quantitative estimate of drug-likeness (QED) is 0.436. The summed E-state index contributed by atoms with van der Waals surface area (Å²) in [5, 5.41) is 7.24. The maximum absolute atomic E-state index is 12.9. The van der Waals surface area contributed by atoms with E-state index in [-0.39, 0.29) is 11.2 Å². The van der Waals surface area contributed by atoms with Crippen LogP contribution in [0.2, 0.25) is 0 Å². The van der Waals surface area contributed by atoms with Crippen LogP contribution in [0.4, 0.5) is 4.39 Å². The minimum Gasteiger partial charge on any atom is -0.391 e. The number of nitrogens with one attached hydrogen (secondary N) is 1. The molecule has 0 aliphatic heterocycles. The van der Waals surface area contributed by atoms with E-state index in [0.717, 1.165) is 41.8 Å². The lowest BCUT2D eigenvalue weighted by Gasteiger charge is -2.40. The van der Waals surface area contributed by atoms with Crippen molar-refractivity contribution in [2.24, 2.45) is 5.16 Å². The van der Waals surface area contributed by atoms with Gasteiger partial charge in [-0.1, -0.05) is 47.6 Å². The Morgan fingerprint density at radius 1 is 1.32 bits per heavy atom. The van der Waals surface area contributed by atoms with Gasteiger partial charge in [0.2, 0.25) is 0 Å². The van der Waals surface area contributed by atoms with Gasteiger partial charge in [-0.25, -0.2) is 4.39 Å². The molecule has 0 amide bonds. The molecule has 1 aromatic heterocycles. The summed E-state index contributed by atoms with van der Waals surface area (Å²) >= 11 is 5.74. The highest BCUT2D eigenvalue weighted by Gasteiger charge is 2.41. The summed E-state index contributed by atoms with van der Waals surface area (Å²) < 4.78 is 12.9. The number of hydrogen-bond donors (Lipinski definition) is 1. The van der Waals surface area contributed by atoms with Crippen molar-refractivity contribution in [2.45, 2.75) is 37.7 Å². The summed E-state index contributed by atoms with van der Waals surface area (Å²) in [5.41, 5.74) is 2.81. The van der Waals surface area contributed by atoms with Crippen molar-refractivity contribution in [2.75, 3.05) is 7.05 Å². The molecule has 1 heterocycles. The maximum atomic E-state index is 12.9. The van der Waals surface area contributed by atoms with Gasteiger partial charge in [0, 0.05) is 19.4 Å². The minimum atomic E-state index is -0.362. The molecule has 3 rings (SSSR count). The maximum Gasteiger partial charge on any atom is 0.142 e. The molecule has 1 atom stereocenters. The topological polar surface area (TPSA) is 46.5 Å². The van der Waals surface area contributed by atoms with E-state index in [0.29, 0.717) is 6.61 Å². The van der Waals surface area contributed by atoms with Gasteiger partial charge < -0.3 is 10.2 Å². The van der Waals surface area contributed by atoms with Crippen LogP contribution in [0.15, 0.2) is 65.6 Å². The molecule has 0 saturated heterocycles. The Hall–Kier alpha value is -2.60. The number of pyridine rings is 1. The fraction of sp³-hybridized carbons (Fsp3) is 0.318.